The number of nitrogens with zero attached hydrogens (tertiary/aromatic N) is 1. The lowest BCUT2D eigenvalue weighted by molar-refractivity contribution is -0.384. The summed E-state index contributed by atoms with van der Waals surface area (Å²) in [6, 6.07) is 4.91. The number of amides is 2. The van der Waals surface area contributed by atoms with E-state index in [4.69, 9.17) is 0 Å². The zero-order chi connectivity index (χ0) is 12.1. The van der Waals surface area contributed by atoms with Gasteiger partial charge in [-0.15, -0.1) is 0 Å². The summed E-state index contributed by atoms with van der Waals surface area (Å²) in [4.78, 5) is 31.9. The summed E-state index contributed by atoms with van der Waals surface area (Å²) >= 11 is 0. The number of nitrogens with one attached hydrogen (secondary N) is 1. The number of hydrogen-bond donors (Lipinski definition) is 1. The van der Waals surface area contributed by atoms with Crippen LogP contribution in [-0.4, -0.2) is 16.7 Å². The van der Waals surface area contributed by atoms with Crippen LogP contribution in [-0.2, 0) is 4.79 Å². The lowest BCUT2D eigenvalue weighted by Gasteiger charge is -2.00. The molecule has 0 aliphatic rings. The average molecular weight is 220 g/mol. The van der Waals surface area contributed by atoms with Gasteiger partial charge in [0.25, 0.3) is 11.6 Å². The van der Waals surface area contributed by atoms with Gasteiger partial charge in [0.2, 0.25) is 5.91 Å². The van der Waals surface area contributed by atoms with Crippen LogP contribution in [0.15, 0.2) is 36.9 Å². The third-order valence-electron chi connectivity index (χ3n) is 1.76. The third-order valence-corrected chi connectivity index (χ3v) is 1.76. The van der Waals surface area contributed by atoms with E-state index in [1.165, 1.54) is 24.3 Å². The Kier molecular flexibility index (Phi) is 3.49. The molecular weight excluding hydrogens is 212 g/mol. The highest BCUT2D eigenvalue weighted by molar-refractivity contribution is 6.07. The van der Waals surface area contributed by atoms with Gasteiger partial charge in [-0.05, 0) is 18.2 Å². The SMILES string of the molecule is C=CC(=O)NC(=O)c1ccc([N+](=O)[O-])cc1. The predicted molar refractivity (Wildman–Crippen MR) is 55.8 cm³/mol. The molecule has 82 valence electrons. The van der Waals surface area contributed by atoms with Crippen LogP contribution in [0.25, 0.3) is 0 Å². The monoisotopic (exact) mass is 220 g/mol. The van der Waals surface area contributed by atoms with Gasteiger partial charge in [-0.1, -0.05) is 6.58 Å². The van der Waals surface area contributed by atoms with Crippen molar-refractivity contribution in [3.8, 4) is 0 Å². The summed E-state index contributed by atoms with van der Waals surface area (Å²) in [5.74, 6) is -1.25. The molecule has 0 aliphatic heterocycles. The lowest BCUT2D eigenvalue weighted by Crippen LogP contribution is -2.28. The molecule has 6 heteroatoms. The minimum atomic E-state index is -0.625. The molecule has 0 aliphatic carbocycles. The van der Waals surface area contributed by atoms with Crippen LogP contribution in [0.1, 0.15) is 10.4 Å². The maximum absolute atomic E-state index is 11.3. The van der Waals surface area contributed by atoms with Crippen molar-refractivity contribution < 1.29 is 14.5 Å². The van der Waals surface area contributed by atoms with E-state index in [1.807, 2.05) is 5.32 Å². The van der Waals surface area contributed by atoms with Gasteiger partial charge in [0, 0.05) is 17.7 Å². The first-order chi connectivity index (χ1) is 7.54. The van der Waals surface area contributed by atoms with Gasteiger partial charge >= 0.3 is 0 Å². The maximum Gasteiger partial charge on any atom is 0.269 e. The van der Waals surface area contributed by atoms with Crippen molar-refractivity contribution in [1.29, 1.82) is 0 Å². The quantitative estimate of drug-likeness (QED) is 0.468. The second-order valence-corrected chi connectivity index (χ2v) is 2.83. The summed E-state index contributed by atoms with van der Waals surface area (Å²) in [6.45, 7) is 3.19. The Hall–Kier alpha value is -2.50. The van der Waals surface area contributed by atoms with Crippen molar-refractivity contribution in [3.05, 3.63) is 52.6 Å². The molecule has 16 heavy (non-hydrogen) atoms. The first kappa shape index (κ1) is 11.6. The molecule has 1 aromatic rings. The van der Waals surface area contributed by atoms with E-state index in [-0.39, 0.29) is 11.3 Å². The number of imide groups is 1. The highest BCUT2D eigenvalue weighted by atomic mass is 16.6. The van der Waals surface area contributed by atoms with E-state index < -0.39 is 16.7 Å². The Labute approximate surface area is 90.7 Å². The van der Waals surface area contributed by atoms with Crippen LogP contribution >= 0.6 is 0 Å². The number of carbonyl (C=O) groups is 2. The Bertz CT molecular complexity index is 450. The highest BCUT2D eigenvalue weighted by Gasteiger charge is 2.10. The Morgan fingerprint density at radius 3 is 2.31 bits per heavy atom. The van der Waals surface area contributed by atoms with Crippen LogP contribution < -0.4 is 5.32 Å². The fourth-order valence-electron chi connectivity index (χ4n) is 0.970. The molecule has 0 aromatic heterocycles. The summed E-state index contributed by atoms with van der Waals surface area (Å²) in [5.41, 5.74) is 0.0485. The number of nitro groups is 1. The molecule has 0 saturated heterocycles. The van der Waals surface area contributed by atoms with E-state index >= 15 is 0 Å². The zero-order valence-electron chi connectivity index (χ0n) is 8.17. The molecule has 1 aromatic carbocycles. The fraction of sp³-hybridized carbons (Fsp3) is 0. The molecule has 2 amide bonds. The molecule has 0 radical (unpaired) electrons. The van der Waals surface area contributed by atoms with Gasteiger partial charge in [-0.2, -0.15) is 0 Å². The number of benzene rings is 1. The van der Waals surface area contributed by atoms with Crippen molar-refractivity contribution in [3.63, 3.8) is 0 Å². The predicted octanol–water partition coefficient (Wildman–Crippen LogP) is 1.04. The van der Waals surface area contributed by atoms with Crippen LogP contribution in [0.4, 0.5) is 5.69 Å². The molecule has 0 spiro atoms. The van der Waals surface area contributed by atoms with Crippen molar-refractivity contribution in [2.45, 2.75) is 0 Å². The summed E-state index contributed by atoms with van der Waals surface area (Å²) in [7, 11) is 0. The molecule has 0 heterocycles. The topological polar surface area (TPSA) is 89.3 Å². The highest BCUT2D eigenvalue weighted by Crippen LogP contribution is 2.11. The molecule has 0 fully saturated rings. The minimum absolute atomic E-state index is 0.119. The van der Waals surface area contributed by atoms with Crippen LogP contribution in [0.3, 0.4) is 0 Å². The van der Waals surface area contributed by atoms with Gasteiger partial charge < -0.3 is 0 Å². The number of carbonyl (C=O) groups excluding carboxylic acids is 2. The summed E-state index contributed by atoms with van der Waals surface area (Å²) in [6.07, 6.45) is 0.962. The molecular formula is C10H8N2O4. The second-order valence-electron chi connectivity index (χ2n) is 2.83. The van der Waals surface area contributed by atoms with E-state index in [1.54, 1.807) is 0 Å². The molecule has 0 bridgehead atoms. The van der Waals surface area contributed by atoms with Gasteiger partial charge in [-0.3, -0.25) is 25.0 Å². The van der Waals surface area contributed by atoms with Crippen molar-refractivity contribution in [1.82, 2.24) is 5.32 Å². The third kappa shape index (κ3) is 2.74. The fourth-order valence-corrected chi connectivity index (χ4v) is 0.970. The van der Waals surface area contributed by atoms with E-state index in [0.29, 0.717) is 0 Å². The van der Waals surface area contributed by atoms with E-state index in [9.17, 15) is 19.7 Å². The normalized spacial score (nSPS) is 9.25. The van der Waals surface area contributed by atoms with Crippen LogP contribution in [0.2, 0.25) is 0 Å². The first-order valence-electron chi connectivity index (χ1n) is 4.27. The minimum Gasteiger partial charge on any atom is -0.289 e. The van der Waals surface area contributed by atoms with Crippen molar-refractivity contribution in [2.75, 3.05) is 0 Å². The summed E-state index contributed by atoms with van der Waals surface area (Å²) < 4.78 is 0. The number of hydrogen-bond acceptors (Lipinski definition) is 4. The molecule has 1 rings (SSSR count). The van der Waals surface area contributed by atoms with Gasteiger partial charge in [0.1, 0.15) is 0 Å². The number of rotatable bonds is 3. The standard InChI is InChI=1S/C10H8N2O4/c1-2-9(13)11-10(14)7-3-5-8(6-4-7)12(15)16/h2-6H,1H2,(H,11,13,14). The Morgan fingerprint density at radius 1 is 1.31 bits per heavy atom. The Morgan fingerprint density at radius 2 is 1.88 bits per heavy atom. The van der Waals surface area contributed by atoms with Gasteiger partial charge in [-0.25, -0.2) is 0 Å². The van der Waals surface area contributed by atoms with Crippen LogP contribution in [0, 0.1) is 10.1 Å². The molecule has 0 saturated carbocycles. The van der Waals surface area contributed by atoms with Gasteiger partial charge in [0.15, 0.2) is 0 Å². The second kappa shape index (κ2) is 4.83. The lowest BCUT2D eigenvalue weighted by atomic mass is 10.2. The first-order valence-corrected chi connectivity index (χ1v) is 4.27. The van der Waals surface area contributed by atoms with Crippen LogP contribution in [0.5, 0.6) is 0 Å². The number of non-ortho nitro benzene ring substituents is 1. The van der Waals surface area contributed by atoms with E-state index in [2.05, 4.69) is 6.58 Å². The zero-order valence-corrected chi connectivity index (χ0v) is 8.17. The molecule has 1 N–H and O–H groups in total. The molecule has 0 atom stereocenters. The van der Waals surface area contributed by atoms with Crippen molar-refractivity contribution in [2.24, 2.45) is 0 Å². The Balaban J connectivity index is 2.81. The number of nitro benzene ring substituents is 1. The smallest absolute Gasteiger partial charge is 0.269 e. The largest absolute Gasteiger partial charge is 0.289 e. The van der Waals surface area contributed by atoms with E-state index in [0.717, 1.165) is 6.08 Å². The summed E-state index contributed by atoms with van der Waals surface area (Å²) in [5, 5.41) is 12.4. The van der Waals surface area contributed by atoms with Crippen molar-refractivity contribution >= 4 is 17.5 Å². The van der Waals surface area contributed by atoms with Gasteiger partial charge in [0.05, 0.1) is 4.92 Å². The molecule has 0 unspecified atom stereocenters. The average Bonchev–Trinajstić information content (AvgIpc) is 2.28. The molecule has 6 nitrogen and oxygen atoms in total. The maximum atomic E-state index is 11.3.